The van der Waals surface area contributed by atoms with Crippen molar-refractivity contribution in [1.29, 1.82) is 0 Å². The summed E-state index contributed by atoms with van der Waals surface area (Å²) in [6, 6.07) is 8.62. The summed E-state index contributed by atoms with van der Waals surface area (Å²) < 4.78 is 5.22. The minimum Gasteiger partial charge on any atom is -0.481 e. The maximum Gasteiger partial charge on any atom is 0.324 e. The Bertz CT molecular complexity index is 451. The first-order valence-electron chi connectivity index (χ1n) is 6.50. The standard InChI is InChI=1S/C15H21NO4/c1-15(2,3)20-14(19)12(9-13(17)18)16-10-11-7-5-4-6-8-11/h4-8,12,16H,9-10H2,1-3H3,(H,17,18)/t12-/m0/s1. The maximum absolute atomic E-state index is 12.0. The summed E-state index contributed by atoms with van der Waals surface area (Å²) in [7, 11) is 0. The molecule has 5 heteroatoms. The first-order valence-corrected chi connectivity index (χ1v) is 6.50. The fourth-order valence-electron chi connectivity index (χ4n) is 1.62. The van der Waals surface area contributed by atoms with Crippen molar-refractivity contribution in [3.05, 3.63) is 35.9 Å². The van der Waals surface area contributed by atoms with E-state index in [1.54, 1.807) is 20.8 Å². The highest BCUT2D eigenvalue weighted by Crippen LogP contribution is 2.10. The smallest absolute Gasteiger partial charge is 0.324 e. The highest BCUT2D eigenvalue weighted by atomic mass is 16.6. The molecule has 0 bridgehead atoms. The molecular weight excluding hydrogens is 258 g/mol. The Labute approximate surface area is 118 Å². The van der Waals surface area contributed by atoms with E-state index in [-0.39, 0.29) is 6.42 Å². The SMILES string of the molecule is CC(C)(C)OC(=O)[C@H](CC(=O)O)NCc1ccccc1. The molecule has 20 heavy (non-hydrogen) atoms. The third-order valence-corrected chi connectivity index (χ3v) is 2.47. The third-order valence-electron chi connectivity index (χ3n) is 2.47. The first-order chi connectivity index (χ1) is 9.28. The number of nitrogens with one attached hydrogen (secondary N) is 1. The van der Waals surface area contributed by atoms with Gasteiger partial charge in [0.05, 0.1) is 6.42 Å². The predicted molar refractivity (Wildman–Crippen MR) is 75.2 cm³/mol. The van der Waals surface area contributed by atoms with Gasteiger partial charge in [-0.2, -0.15) is 0 Å². The van der Waals surface area contributed by atoms with E-state index in [9.17, 15) is 9.59 Å². The fraction of sp³-hybridized carbons (Fsp3) is 0.467. The lowest BCUT2D eigenvalue weighted by molar-refractivity contribution is -0.160. The molecule has 1 aromatic carbocycles. The molecule has 1 atom stereocenters. The lowest BCUT2D eigenvalue weighted by Gasteiger charge is -2.24. The predicted octanol–water partition coefficient (Wildman–Crippen LogP) is 1.96. The Morgan fingerprint density at radius 3 is 2.35 bits per heavy atom. The van der Waals surface area contributed by atoms with Crippen LogP contribution in [0.15, 0.2) is 30.3 Å². The molecule has 0 aliphatic heterocycles. The largest absolute Gasteiger partial charge is 0.481 e. The summed E-state index contributed by atoms with van der Waals surface area (Å²) in [4.78, 5) is 22.8. The molecule has 0 aliphatic rings. The molecule has 0 amide bonds. The van der Waals surface area contributed by atoms with Gasteiger partial charge < -0.3 is 9.84 Å². The average Bonchev–Trinajstić information content (AvgIpc) is 2.33. The third kappa shape index (κ3) is 6.33. The second-order valence-electron chi connectivity index (χ2n) is 5.55. The quantitative estimate of drug-likeness (QED) is 0.779. The van der Waals surface area contributed by atoms with Gasteiger partial charge in [0.1, 0.15) is 11.6 Å². The number of benzene rings is 1. The van der Waals surface area contributed by atoms with Crippen molar-refractivity contribution < 1.29 is 19.4 Å². The summed E-state index contributed by atoms with van der Waals surface area (Å²) >= 11 is 0. The number of esters is 1. The van der Waals surface area contributed by atoms with E-state index in [0.29, 0.717) is 6.54 Å². The van der Waals surface area contributed by atoms with E-state index in [1.807, 2.05) is 30.3 Å². The minimum atomic E-state index is -1.04. The molecule has 0 heterocycles. The average molecular weight is 279 g/mol. The van der Waals surface area contributed by atoms with Crippen molar-refractivity contribution >= 4 is 11.9 Å². The van der Waals surface area contributed by atoms with Crippen LogP contribution in [0.5, 0.6) is 0 Å². The Kier molecular flexibility index (Phi) is 5.70. The summed E-state index contributed by atoms with van der Waals surface area (Å²) in [5.41, 5.74) is 0.342. The number of ether oxygens (including phenoxy) is 1. The zero-order valence-corrected chi connectivity index (χ0v) is 12.1. The van der Waals surface area contributed by atoms with Gasteiger partial charge in [-0.1, -0.05) is 30.3 Å². The van der Waals surface area contributed by atoms with Gasteiger partial charge in [-0.15, -0.1) is 0 Å². The number of hydrogen-bond donors (Lipinski definition) is 2. The lowest BCUT2D eigenvalue weighted by Crippen LogP contribution is -2.42. The number of carbonyl (C=O) groups is 2. The van der Waals surface area contributed by atoms with Crippen LogP contribution in [0, 0.1) is 0 Å². The van der Waals surface area contributed by atoms with Crippen LogP contribution in [0.3, 0.4) is 0 Å². The zero-order valence-electron chi connectivity index (χ0n) is 12.1. The Hall–Kier alpha value is -1.88. The highest BCUT2D eigenvalue weighted by Gasteiger charge is 2.26. The van der Waals surface area contributed by atoms with Crippen molar-refractivity contribution in [2.75, 3.05) is 0 Å². The summed E-state index contributed by atoms with van der Waals surface area (Å²) in [5, 5.41) is 11.8. The van der Waals surface area contributed by atoms with Gasteiger partial charge in [0, 0.05) is 6.54 Å². The normalized spacial score (nSPS) is 12.8. The van der Waals surface area contributed by atoms with E-state index in [0.717, 1.165) is 5.56 Å². The molecule has 110 valence electrons. The van der Waals surface area contributed by atoms with Gasteiger partial charge in [0.2, 0.25) is 0 Å². The van der Waals surface area contributed by atoms with Crippen LogP contribution in [0.1, 0.15) is 32.8 Å². The molecule has 0 spiro atoms. The molecule has 0 saturated carbocycles. The zero-order chi connectivity index (χ0) is 15.2. The monoisotopic (exact) mass is 279 g/mol. The molecule has 0 aliphatic carbocycles. The first kappa shape index (κ1) is 16.2. The van der Waals surface area contributed by atoms with Gasteiger partial charge in [-0.25, -0.2) is 0 Å². The van der Waals surface area contributed by atoms with Gasteiger partial charge in [0.15, 0.2) is 0 Å². The topological polar surface area (TPSA) is 75.6 Å². The molecule has 0 saturated heterocycles. The van der Waals surface area contributed by atoms with Crippen molar-refractivity contribution in [1.82, 2.24) is 5.32 Å². The molecule has 2 N–H and O–H groups in total. The molecule has 1 aromatic rings. The second kappa shape index (κ2) is 7.05. The van der Waals surface area contributed by atoms with Crippen LogP contribution in [-0.2, 0) is 20.9 Å². The molecular formula is C15H21NO4. The molecule has 1 rings (SSSR count). The van der Waals surface area contributed by atoms with Crippen LogP contribution >= 0.6 is 0 Å². The molecule has 0 fully saturated rings. The highest BCUT2D eigenvalue weighted by molar-refractivity contribution is 5.82. The van der Waals surface area contributed by atoms with Gasteiger partial charge >= 0.3 is 11.9 Å². The minimum absolute atomic E-state index is 0.304. The van der Waals surface area contributed by atoms with Gasteiger partial charge in [-0.05, 0) is 26.3 Å². The number of hydrogen-bond acceptors (Lipinski definition) is 4. The molecule has 0 radical (unpaired) electrons. The molecule has 0 unspecified atom stereocenters. The lowest BCUT2D eigenvalue weighted by atomic mass is 10.1. The van der Waals surface area contributed by atoms with Crippen LogP contribution in [0.2, 0.25) is 0 Å². The summed E-state index contributed by atoms with van der Waals surface area (Å²) in [6.45, 7) is 5.66. The summed E-state index contributed by atoms with van der Waals surface area (Å²) in [5.74, 6) is -1.59. The van der Waals surface area contributed by atoms with Crippen molar-refractivity contribution in [3.8, 4) is 0 Å². The Balaban J connectivity index is 2.64. The Morgan fingerprint density at radius 1 is 1.25 bits per heavy atom. The van der Waals surface area contributed by atoms with E-state index in [1.165, 1.54) is 0 Å². The van der Waals surface area contributed by atoms with Crippen LogP contribution in [0.4, 0.5) is 0 Å². The second-order valence-corrected chi connectivity index (χ2v) is 5.55. The van der Waals surface area contributed by atoms with Gasteiger partial charge in [-0.3, -0.25) is 14.9 Å². The summed E-state index contributed by atoms with van der Waals surface area (Å²) in [6.07, 6.45) is -0.304. The van der Waals surface area contributed by atoms with Crippen LogP contribution in [-0.4, -0.2) is 28.7 Å². The van der Waals surface area contributed by atoms with E-state index in [4.69, 9.17) is 9.84 Å². The van der Waals surface area contributed by atoms with Crippen molar-refractivity contribution in [2.24, 2.45) is 0 Å². The van der Waals surface area contributed by atoms with E-state index < -0.39 is 23.6 Å². The molecule has 5 nitrogen and oxygen atoms in total. The van der Waals surface area contributed by atoms with E-state index in [2.05, 4.69) is 5.32 Å². The molecule has 0 aromatic heterocycles. The number of carboxylic acid groups (broad SMARTS) is 1. The number of aliphatic carboxylic acids is 1. The van der Waals surface area contributed by atoms with Crippen molar-refractivity contribution in [2.45, 2.75) is 45.4 Å². The number of carbonyl (C=O) groups excluding carboxylic acids is 1. The van der Waals surface area contributed by atoms with E-state index >= 15 is 0 Å². The number of rotatable bonds is 6. The number of carboxylic acids is 1. The fourth-order valence-corrected chi connectivity index (χ4v) is 1.62. The van der Waals surface area contributed by atoms with Crippen LogP contribution < -0.4 is 5.32 Å². The Morgan fingerprint density at radius 2 is 1.85 bits per heavy atom. The van der Waals surface area contributed by atoms with Crippen molar-refractivity contribution in [3.63, 3.8) is 0 Å². The van der Waals surface area contributed by atoms with Gasteiger partial charge in [0.25, 0.3) is 0 Å². The van der Waals surface area contributed by atoms with Crippen LogP contribution in [0.25, 0.3) is 0 Å². The maximum atomic E-state index is 12.0.